The number of aromatic nitrogens is 1. The molecule has 1 aliphatic heterocycles. The Kier molecular flexibility index (Phi) is 5.04. The Morgan fingerprint density at radius 1 is 0.938 bits per heavy atom. The molecule has 2 aromatic carbocycles. The Balaban J connectivity index is 1.76. The number of fused-ring (bicyclic) bond motifs is 3. The largest absolute Gasteiger partial charge is 0.312 e. The van der Waals surface area contributed by atoms with E-state index in [1.165, 1.54) is 17.2 Å². The van der Waals surface area contributed by atoms with Gasteiger partial charge in [0.25, 0.3) is 12.3 Å². The lowest BCUT2D eigenvalue weighted by Crippen LogP contribution is -2.56. The molecule has 1 amide bonds. The number of nitrogens with zero attached hydrogens (tertiary/aromatic N) is 3. The summed E-state index contributed by atoms with van der Waals surface area (Å²) < 4.78 is 28.4. The molecule has 0 radical (unpaired) electrons. The number of halogens is 2. The van der Waals surface area contributed by atoms with Crippen molar-refractivity contribution in [3.63, 3.8) is 0 Å². The maximum Gasteiger partial charge on any atom is 0.274 e. The summed E-state index contributed by atoms with van der Waals surface area (Å²) in [7, 11) is 0. The summed E-state index contributed by atoms with van der Waals surface area (Å²) in [5.74, 6) is -0.549. The third-order valence-corrected chi connectivity index (χ3v) is 6.42. The first kappa shape index (κ1) is 20.4. The van der Waals surface area contributed by atoms with Crippen LogP contribution >= 0.6 is 0 Å². The van der Waals surface area contributed by atoms with E-state index in [1.807, 2.05) is 29.3 Å². The highest BCUT2D eigenvalue weighted by Gasteiger charge is 2.38. The van der Waals surface area contributed by atoms with E-state index >= 15 is 0 Å². The zero-order valence-electron chi connectivity index (χ0n) is 17.7. The quantitative estimate of drug-likeness (QED) is 0.631. The van der Waals surface area contributed by atoms with Crippen molar-refractivity contribution in [1.29, 1.82) is 0 Å². The predicted molar refractivity (Wildman–Crippen MR) is 118 cm³/mol. The van der Waals surface area contributed by atoms with Crippen molar-refractivity contribution in [1.82, 2.24) is 9.58 Å². The summed E-state index contributed by atoms with van der Waals surface area (Å²) in [6, 6.07) is 17.4. The molecule has 2 heterocycles. The van der Waals surface area contributed by atoms with E-state index in [1.54, 1.807) is 17.8 Å². The highest BCUT2D eigenvalue weighted by atomic mass is 19.3. The second-order valence-electron chi connectivity index (χ2n) is 8.30. The molecule has 164 valence electrons. The fourth-order valence-electron chi connectivity index (χ4n) is 4.88. The average molecular weight is 435 g/mol. The minimum atomic E-state index is -2.67. The Labute approximate surface area is 184 Å². The van der Waals surface area contributed by atoms with Crippen molar-refractivity contribution >= 4 is 5.91 Å². The Hall–Kier alpha value is -3.48. The molecule has 32 heavy (non-hydrogen) atoms. The summed E-state index contributed by atoms with van der Waals surface area (Å²) in [6.45, 7) is 0.880. The molecule has 0 saturated carbocycles. The van der Waals surface area contributed by atoms with Gasteiger partial charge in [0.15, 0.2) is 5.43 Å². The van der Waals surface area contributed by atoms with Gasteiger partial charge in [-0.1, -0.05) is 48.5 Å². The minimum Gasteiger partial charge on any atom is -0.312 e. The zero-order chi connectivity index (χ0) is 22.4. The van der Waals surface area contributed by atoms with E-state index in [9.17, 15) is 18.4 Å². The average Bonchev–Trinajstić information content (AvgIpc) is 2.94. The first-order valence-electron chi connectivity index (χ1n) is 10.7. The molecule has 7 heteroatoms. The van der Waals surface area contributed by atoms with Crippen molar-refractivity contribution in [2.75, 3.05) is 18.2 Å². The molecule has 0 atom stereocenters. The second kappa shape index (κ2) is 7.89. The van der Waals surface area contributed by atoms with E-state index < -0.39 is 18.9 Å². The molecule has 0 saturated heterocycles. The van der Waals surface area contributed by atoms with Gasteiger partial charge in [-0.2, -0.15) is 0 Å². The first-order chi connectivity index (χ1) is 15.5. The van der Waals surface area contributed by atoms with Crippen molar-refractivity contribution in [2.24, 2.45) is 0 Å². The van der Waals surface area contributed by atoms with Gasteiger partial charge < -0.3 is 4.90 Å². The van der Waals surface area contributed by atoms with Crippen molar-refractivity contribution in [2.45, 2.75) is 32.2 Å². The van der Waals surface area contributed by atoms with Gasteiger partial charge in [0, 0.05) is 17.8 Å². The molecule has 0 spiro atoms. The van der Waals surface area contributed by atoms with Crippen LogP contribution in [-0.4, -0.2) is 35.1 Å². The number of hydrogen-bond acceptors (Lipinski definition) is 3. The maximum absolute atomic E-state index is 13.4. The molecule has 0 bridgehead atoms. The Morgan fingerprint density at radius 3 is 2.12 bits per heavy atom. The molecule has 5 rings (SSSR count). The summed E-state index contributed by atoms with van der Waals surface area (Å²) in [6.07, 6.45) is 0.649. The SMILES string of the molecule is Cc1c2n(ccc1=O)N(C1c3ccccc3CCc3ccccc31)CN(CC(F)F)C2=O. The van der Waals surface area contributed by atoms with Gasteiger partial charge in [0.1, 0.15) is 12.4 Å². The lowest BCUT2D eigenvalue weighted by Gasteiger charge is -2.44. The second-order valence-corrected chi connectivity index (χ2v) is 8.30. The standard InChI is InChI=1S/C25H23F2N3O2/c1-16-21(31)12-13-29-23(16)25(32)28(14-22(26)27)15-30(29)24-19-8-4-2-6-17(19)10-11-18-7-3-5-9-20(18)24/h2-9,12-13,22,24H,10-11,14-15H2,1H3. The number of amides is 1. The third-order valence-electron chi connectivity index (χ3n) is 6.42. The smallest absolute Gasteiger partial charge is 0.274 e. The van der Waals surface area contributed by atoms with Gasteiger partial charge in [0.05, 0.1) is 12.6 Å². The molecular formula is C25H23F2N3O2. The van der Waals surface area contributed by atoms with Gasteiger partial charge in [-0.3, -0.25) is 19.3 Å². The number of hydrogen-bond donors (Lipinski definition) is 0. The monoisotopic (exact) mass is 435 g/mol. The molecule has 0 fully saturated rings. The summed E-state index contributed by atoms with van der Waals surface area (Å²) >= 11 is 0. The Morgan fingerprint density at radius 2 is 1.53 bits per heavy atom. The van der Waals surface area contributed by atoms with Crippen LogP contribution in [0.1, 0.15) is 44.3 Å². The number of carbonyl (C=O) groups excluding carboxylic acids is 1. The molecule has 0 N–H and O–H groups in total. The third kappa shape index (κ3) is 3.28. The number of pyridine rings is 1. The molecule has 5 nitrogen and oxygen atoms in total. The number of alkyl halides is 2. The van der Waals surface area contributed by atoms with E-state index in [-0.39, 0.29) is 29.4 Å². The summed E-state index contributed by atoms with van der Waals surface area (Å²) in [5, 5.41) is 1.93. The number of aryl methyl sites for hydroxylation is 2. The maximum atomic E-state index is 13.4. The van der Waals surface area contributed by atoms with Gasteiger partial charge in [-0.15, -0.1) is 0 Å². The van der Waals surface area contributed by atoms with Gasteiger partial charge in [0.2, 0.25) is 0 Å². The van der Waals surface area contributed by atoms with Crippen LogP contribution in [0, 0.1) is 6.92 Å². The highest BCUT2D eigenvalue weighted by Crippen LogP contribution is 2.37. The first-order valence-corrected chi connectivity index (χ1v) is 10.7. The van der Waals surface area contributed by atoms with Crippen LogP contribution in [0.15, 0.2) is 65.6 Å². The van der Waals surface area contributed by atoms with Crippen LogP contribution in [0.2, 0.25) is 0 Å². The zero-order valence-corrected chi connectivity index (χ0v) is 17.7. The Bertz CT molecular complexity index is 1210. The number of carbonyl (C=O) groups is 1. The topological polar surface area (TPSA) is 45.6 Å². The van der Waals surface area contributed by atoms with Crippen LogP contribution in [-0.2, 0) is 12.8 Å². The van der Waals surface area contributed by atoms with Crippen molar-refractivity contribution in [3.05, 3.63) is 105 Å². The van der Waals surface area contributed by atoms with Crippen LogP contribution in [0.25, 0.3) is 0 Å². The fourth-order valence-corrected chi connectivity index (χ4v) is 4.88. The van der Waals surface area contributed by atoms with E-state index in [0.29, 0.717) is 0 Å². The normalized spacial score (nSPS) is 15.9. The lowest BCUT2D eigenvalue weighted by atomic mass is 9.94. The highest BCUT2D eigenvalue weighted by molar-refractivity contribution is 5.95. The lowest BCUT2D eigenvalue weighted by molar-refractivity contribution is 0.0474. The predicted octanol–water partition coefficient (Wildman–Crippen LogP) is 3.66. The molecule has 0 unspecified atom stereocenters. The van der Waals surface area contributed by atoms with Crippen LogP contribution in [0.3, 0.4) is 0 Å². The van der Waals surface area contributed by atoms with Gasteiger partial charge in [-0.05, 0) is 42.0 Å². The number of benzene rings is 2. The summed E-state index contributed by atoms with van der Waals surface area (Å²) in [5.41, 5.74) is 4.64. The van der Waals surface area contributed by atoms with E-state index in [0.717, 1.165) is 28.9 Å². The van der Waals surface area contributed by atoms with Crippen LogP contribution in [0.5, 0.6) is 0 Å². The van der Waals surface area contributed by atoms with E-state index in [4.69, 9.17) is 0 Å². The van der Waals surface area contributed by atoms with Crippen LogP contribution < -0.4 is 10.4 Å². The van der Waals surface area contributed by atoms with Crippen molar-refractivity contribution < 1.29 is 13.6 Å². The molecular weight excluding hydrogens is 412 g/mol. The fraction of sp³-hybridized carbons (Fsp3) is 0.280. The van der Waals surface area contributed by atoms with Gasteiger partial charge >= 0.3 is 0 Å². The molecule has 1 aromatic heterocycles. The molecule has 3 aromatic rings. The molecule has 1 aliphatic carbocycles. The molecule has 2 aliphatic rings. The number of rotatable bonds is 3. The van der Waals surface area contributed by atoms with Crippen molar-refractivity contribution in [3.8, 4) is 0 Å². The van der Waals surface area contributed by atoms with E-state index in [2.05, 4.69) is 24.3 Å². The van der Waals surface area contributed by atoms with Crippen LogP contribution in [0.4, 0.5) is 8.78 Å². The summed E-state index contributed by atoms with van der Waals surface area (Å²) in [4.78, 5) is 26.6. The van der Waals surface area contributed by atoms with Gasteiger partial charge in [-0.25, -0.2) is 8.78 Å². The minimum absolute atomic E-state index is 0.00812.